The molecule has 68 valence electrons. The van der Waals surface area contributed by atoms with Crippen LogP contribution in [0.1, 0.15) is 34.1 Å². The van der Waals surface area contributed by atoms with E-state index in [4.69, 9.17) is 4.74 Å². The molecular formula is C8H19NO2. The van der Waals surface area contributed by atoms with E-state index in [1.54, 1.807) is 0 Å². The Kier molecular flexibility index (Phi) is 6.09. The van der Waals surface area contributed by atoms with Gasteiger partial charge in [0.1, 0.15) is 0 Å². The topological polar surface area (TPSA) is 61.3 Å². The zero-order valence-electron chi connectivity index (χ0n) is 7.94. The summed E-state index contributed by atoms with van der Waals surface area (Å²) in [6.07, 6.45) is 0.825. The van der Waals surface area contributed by atoms with Crippen LogP contribution in [0.5, 0.6) is 0 Å². The van der Waals surface area contributed by atoms with Crippen molar-refractivity contribution in [2.75, 3.05) is 6.61 Å². The Morgan fingerprint density at radius 2 is 1.82 bits per heavy atom. The molecule has 0 aliphatic carbocycles. The van der Waals surface area contributed by atoms with Crippen molar-refractivity contribution < 1.29 is 9.53 Å². The highest BCUT2D eigenvalue weighted by Crippen LogP contribution is 2.20. The maximum absolute atomic E-state index is 11.1. The van der Waals surface area contributed by atoms with E-state index in [0.717, 1.165) is 6.42 Å². The molecule has 0 fully saturated rings. The van der Waals surface area contributed by atoms with Crippen molar-refractivity contribution in [1.82, 2.24) is 6.15 Å². The molecule has 0 atom stereocenters. The molecule has 0 aromatic rings. The molecule has 0 amide bonds. The van der Waals surface area contributed by atoms with E-state index in [0.29, 0.717) is 6.61 Å². The number of rotatable bonds is 3. The fraction of sp³-hybridized carbons (Fsp3) is 0.875. The van der Waals surface area contributed by atoms with Gasteiger partial charge in [0.15, 0.2) is 0 Å². The van der Waals surface area contributed by atoms with Gasteiger partial charge in [0.2, 0.25) is 0 Å². The zero-order valence-corrected chi connectivity index (χ0v) is 7.94. The number of carbonyl (C=O) groups is 1. The summed E-state index contributed by atoms with van der Waals surface area (Å²) in [7, 11) is 0. The third-order valence-corrected chi connectivity index (χ3v) is 1.71. The molecule has 3 heteroatoms. The standard InChI is InChI=1S/C8H16O2.H3N/c1-5-8(3,4)7(9)10-6-2;/h5-6H2,1-4H3;1H3. The second kappa shape index (κ2) is 5.13. The Bertz CT molecular complexity index is 121. The number of esters is 1. The van der Waals surface area contributed by atoms with Crippen LogP contribution in [0.4, 0.5) is 0 Å². The highest BCUT2D eigenvalue weighted by atomic mass is 16.5. The number of carbonyl (C=O) groups excluding carboxylic acids is 1. The molecule has 0 aliphatic heterocycles. The molecule has 0 radical (unpaired) electrons. The monoisotopic (exact) mass is 161 g/mol. The smallest absolute Gasteiger partial charge is 0.311 e. The molecule has 0 aromatic carbocycles. The van der Waals surface area contributed by atoms with Crippen molar-refractivity contribution in [3.8, 4) is 0 Å². The van der Waals surface area contributed by atoms with Gasteiger partial charge in [-0.15, -0.1) is 0 Å². The summed E-state index contributed by atoms with van der Waals surface area (Å²) in [5.41, 5.74) is -0.310. The Hall–Kier alpha value is -0.570. The van der Waals surface area contributed by atoms with Gasteiger partial charge in [-0.2, -0.15) is 0 Å². The minimum Gasteiger partial charge on any atom is -0.466 e. The molecule has 0 rings (SSSR count). The minimum atomic E-state index is -0.310. The van der Waals surface area contributed by atoms with Crippen LogP contribution in [0.15, 0.2) is 0 Å². The summed E-state index contributed by atoms with van der Waals surface area (Å²) in [5, 5.41) is 0. The molecule has 0 saturated heterocycles. The molecule has 0 spiro atoms. The fourth-order valence-electron chi connectivity index (χ4n) is 0.471. The molecule has 0 heterocycles. The quantitative estimate of drug-likeness (QED) is 0.645. The minimum absolute atomic E-state index is 0. The van der Waals surface area contributed by atoms with E-state index < -0.39 is 0 Å². The van der Waals surface area contributed by atoms with Crippen LogP contribution >= 0.6 is 0 Å². The molecule has 0 unspecified atom stereocenters. The lowest BCUT2D eigenvalue weighted by Crippen LogP contribution is -2.25. The predicted octanol–water partition coefficient (Wildman–Crippen LogP) is 2.15. The molecule has 0 aliphatic rings. The van der Waals surface area contributed by atoms with Crippen molar-refractivity contribution in [3.63, 3.8) is 0 Å². The van der Waals surface area contributed by atoms with E-state index >= 15 is 0 Å². The summed E-state index contributed by atoms with van der Waals surface area (Å²) in [5.74, 6) is -0.0995. The van der Waals surface area contributed by atoms with Gasteiger partial charge in [-0.1, -0.05) is 6.92 Å². The lowest BCUT2D eigenvalue weighted by Gasteiger charge is -2.19. The maximum Gasteiger partial charge on any atom is 0.311 e. The van der Waals surface area contributed by atoms with Gasteiger partial charge in [-0.05, 0) is 27.2 Å². The van der Waals surface area contributed by atoms with Gasteiger partial charge in [0.25, 0.3) is 0 Å². The lowest BCUT2D eigenvalue weighted by atomic mass is 9.91. The summed E-state index contributed by atoms with van der Waals surface area (Å²) < 4.78 is 4.86. The van der Waals surface area contributed by atoms with Gasteiger partial charge in [-0.25, -0.2) is 0 Å². The number of hydrogen-bond acceptors (Lipinski definition) is 3. The van der Waals surface area contributed by atoms with E-state index in [-0.39, 0.29) is 17.5 Å². The zero-order chi connectivity index (χ0) is 8.20. The highest BCUT2D eigenvalue weighted by Gasteiger charge is 2.26. The van der Waals surface area contributed by atoms with Gasteiger partial charge in [0.05, 0.1) is 12.0 Å². The Balaban J connectivity index is 0. The second-order valence-corrected chi connectivity index (χ2v) is 2.96. The SMILES string of the molecule is CCOC(=O)C(C)(C)CC.N. The molecule has 3 N–H and O–H groups in total. The highest BCUT2D eigenvalue weighted by molar-refractivity contribution is 5.75. The summed E-state index contributed by atoms with van der Waals surface area (Å²) in [6, 6.07) is 0. The first kappa shape index (κ1) is 13.1. The van der Waals surface area contributed by atoms with Crippen LogP contribution in [-0.4, -0.2) is 12.6 Å². The molecule has 11 heavy (non-hydrogen) atoms. The summed E-state index contributed by atoms with van der Waals surface area (Å²) in [6.45, 7) is 8.07. The van der Waals surface area contributed by atoms with Crippen LogP contribution in [0.2, 0.25) is 0 Å². The van der Waals surface area contributed by atoms with Crippen LogP contribution in [0, 0.1) is 5.41 Å². The van der Waals surface area contributed by atoms with E-state index in [9.17, 15) is 4.79 Å². The Labute approximate surface area is 68.7 Å². The molecule has 3 nitrogen and oxygen atoms in total. The van der Waals surface area contributed by atoms with Gasteiger partial charge >= 0.3 is 5.97 Å². The summed E-state index contributed by atoms with van der Waals surface area (Å²) in [4.78, 5) is 11.1. The fourth-order valence-corrected chi connectivity index (χ4v) is 0.471. The van der Waals surface area contributed by atoms with Crippen molar-refractivity contribution in [1.29, 1.82) is 0 Å². The third kappa shape index (κ3) is 3.98. The molecule has 0 saturated carbocycles. The van der Waals surface area contributed by atoms with E-state index in [1.807, 2.05) is 27.7 Å². The molecular weight excluding hydrogens is 142 g/mol. The van der Waals surface area contributed by atoms with E-state index in [2.05, 4.69) is 0 Å². The van der Waals surface area contributed by atoms with Crippen LogP contribution < -0.4 is 6.15 Å². The largest absolute Gasteiger partial charge is 0.466 e. The average molecular weight is 161 g/mol. The van der Waals surface area contributed by atoms with Crippen molar-refractivity contribution >= 4 is 5.97 Å². The molecule has 0 aromatic heterocycles. The van der Waals surface area contributed by atoms with Gasteiger partial charge < -0.3 is 10.9 Å². The van der Waals surface area contributed by atoms with Crippen LogP contribution in [0.25, 0.3) is 0 Å². The van der Waals surface area contributed by atoms with Crippen molar-refractivity contribution in [2.24, 2.45) is 5.41 Å². The van der Waals surface area contributed by atoms with Crippen LogP contribution in [0.3, 0.4) is 0 Å². The van der Waals surface area contributed by atoms with Crippen LogP contribution in [-0.2, 0) is 9.53 Å². The van der Waals surface area contributed by atoms with Crippen molar-refractivity contribution in [3.05, 3.63) is 0 Å². The summed E-state index contributed by atoms with van der Waals surface area (Å²) >= 11 is 0. The second-order valence-electron chi connectivity index (χ2n) is 2.96. The first-order valence-electron chi connectivity index (χ1n) is 3.71. The Morgan fingerprint density at radius 3 is 2.09 bits per heavy atom. The maximum atomic E-state index is 11.1. The Morgan fingerprint density at radius 1 is 1.36 bits per heavy atom. The average Bonchev–Trinajstić information content (AvgIpc) is 1.89. The first-order valence-corrected chi connectivity index (χ1v) is 3.71. The van der Waals surface area contributed by atoms with Gasteiger partial charge in [0, 0.05) is 0 Å². The van der Waals surface area contributed by atoms with E-state index in [1.165, 1.54) is 0 Å². The lowest BCUT2D eigenvalue weighted by molar-refractivity contribution is -0.153. The predicted molar refractivity (Wildman–Crippen MR) is 45.7 cm³/mol. The normalized spacial score (nSPS) is 10.2. The number of hydrogen-bond donors (Lipinski definition) is 1. The van der Waals surface area contributed by atoms with Crippen molar-refractivity contribution in [2.45, 2.75) is 34.1 Å². The molecule has 0 bridgehead atoms. The van der Waals surface area contributed by atoms with Gasteiger partial charge in [-0.3, -0.25) is 4.79 Å². The number of ether oxygens (including phenoxy) is 1. The third-order valence-electron chi connectivity index (χ3n) is 1.71. The first-order chi connectivity index (χ1) is 4.54.